The van der Waals surface area contributed by atoms with Crippen molar-refractivity contribution >= 4 is 115 Å². The van der Waals surface area contributed by atoms with Crippen molar-refractivity contribution < 1.29 is 4.49 Å². The number of allylic oxidation sites excluding steroid dienone is 2. The number of hydrogen-bond acceptors (Lipinski definition) is 0. The average molecular weight is 1020 g/mol. The van der Waals surface area contributed by atoms with Gasteiger partial charge < -0.3 is 8.96 Å². The molecule has 2 aliphatic heterocycles. The van der Waals surface area contributed by atoms with Crippen molar-refractivity contribution in [2.45, 2.75) is 54.4 Å². The molecule has 2 aliphatic rings. The zero-order valence-corrected chi connectivity index (χ0v) is 45.8. The molecule has 2 nitrogen and oxygen atoms in total. The Morgan fingerprint density at radius 3 is 1.24 bits per heavy atom. The molecule has 374 valence electrons. The summed E-state index contributed by atoms with van der Waals surface area (Å²) in [4.78, 5) is 0. The van der Waals surface area contributed by atoms with Crippen LogP contribution in [0.1, 0.15) is 84.4 Å². The molecular weight excluding hydrogens is 964 g/mol. The van der Waals surface area contributed by atoms with Crippen molar-refractivity contribution in [3.05, 3.63) is 255 Å². The Morgan fingerprint density at radius 1 is 0.412 bits per heavy atom. The lowest BCUT2D eigenvalue weighted by Crippen LogP contribution is -2.57. The Morgan fingerprint density at radius 2 is 0.812 bits per heavy atom. The summed E-state index contributed by atoms with van der Waals surface area (Å²) in [6.07, 6.45) is -0.490. The van der Waals surface area contributed by atoms with E-state index < -0.39 is 6.42 Å². The van der Waals surface area contributed by atoms with Crippen molar-refractivity contribution in [1.29, 1.82) is 0 Å². The van der Waals surface area contributed by atoms with Crippen LogP contribution in [0.2, 0.25) is 0 Å². The molecule has 0 radical (unpaired) electrons. The van der Waals surface area contributed by atoms with Crippen LogP contribution < -0.4 is 0 Å². The molecule has 16 rings (SSSR count). The van der Waals surface area contributed by atoms with Crippen LogP contribution in [-0.2, 0) is 6.42 Å². The molecule has 3 heteroatoms. The fourth-order valence-electron chi connectivity index (χ4n) is 15.0. The second-order valence-corrected chi connectivity index (χ2v) is 22.4. The molecule has 0 atom stereocenters. The third kappa shape index (κ3) is 6.34. The minimum absolute atomic E-state index is 0.882. The van der Waals surface area contributed by atoms with Crippen LogP contribution in [0.25, 0.3) is 103 Å². The van der Waals surface area contributed by atoms with E-state index in [4.69, 9.17) is 0 Å². The van der Waals surface area contributed by atoms with Crippen molar-refractivity contribution in [1.82, 2.24) is 4.48 Å². The van der Waals surface area contributed by atoms with Gasteiger partial charge in [-0.15, -0.1) is 11.8 Å². The maximum atomic E-state index is 4.19. The van der Waals surface area contributed by atoms with Crippen LogP contribution in [0.4, 0.5) is 0 Å². The molecule has 1 aromatic heterocycles. The third-order valence-corrected chi connectivity index (χ3v) is 18.5. The first-order chi connectivity index (χ1) is 39.2. The van der Waals surface area contributed by atoms with Crippen LogP contribution in [0.3, 0.4) is 0 Å². The summed E-state index contributed by atoms with van der Waals surface area (Å²) in [5.74, 6) is 23.6. The van der Waals surface area contributed by atoms with E-state index >= 15 is 0 Å². The molecule has 13 aromatic carbocycles. The average Bonchev–Trinajstić information content (AvgIpc) is 3.04. The predicted octanol–water partition coefficient (Wildman–Crippen LogP) is 18.2. The van der Waals surface area contributed by atoms with Crippen LogP contribution in [-0.4, -0.2) is 21.1 Å². The first-order valence-corrected chi connectivity index (χ1v) is 28.4. The molecule has 80 heavy (non-hydrogen) atoms. The van der Waals surface area contributed by atoms with Gasteiger partial charge >= 0.3 is 6.42 Å². The van der Waals surface area contributed by atoms with E-state index in [1.54, 1.807) is 0 Å². The zero-order valence-electron chi connectivity index (χ0n) is 45.8. The van der Waals surface area contributed by atoms with E-state index in [0.717, 1.165) is 40.7 Å². The smallest absolute Gasteiger partial charge is 0.435 e. The van der Waals surface area contributed by atoms with Gasteiger partial charge in [-0.25, -0.2) is 0 Å². The summed E-state index contributed by atoms with van der Waals surface area (Å²) in [7, 11) is 0. The summed E-state index contributed by atoms with van der Waals surface area (Å²) < 4.78 is 5.19. The number of nitrogens with zero attached hydrogens (tertiary/aromatic N) is 2. The van der Waals surface area contributed by atoms with Gasteiger partial charge in [0.25, 0.3) is 0 Å². The number of benzene rings is 13. The fraction of sp³-hybridized carbons (Fsp3) is 0.104. The predicted molar refractivity (Wildman–Crippen MR) is 341 cm³/mol. The van der Waals surface area contributed by atoms with E-state index in [1.165, 1.54) is 148 Å². The normalized spacial score (nSPS) is 14.1. The Kier molecular flexibility index (Phi) is 9.88. The van der Waals surface area contributed by atoms with E-state index in [2.05, 4.69) is 274 Å². The maximum absolute atomic E-state index is 4.19. The molecule has 0 saturated heterocycles. The Balaban J connectivity index is 0.934. The van der Waals surface area contributed by atoms with Gasteiger partial charge in [-0.2, -0.15) is 11.6 Å². The third-order valence-electron chi connectivity index (χ3n) is 18.5. The SMILES string of the molecule is CCC1=C(C)C2=C(c3ccc(C#Cc4ccc5ccc6cccc7ccc4c5c67)cc3)c3c(C)c(CC)c(C)n3[B-](C#Cc3ccc4ccc5cccc6ccc3c4c56)(C#Cc3ccc4ccc5cccc6ccc3c4c56)[N+]2=C1C. The minimum Gasteiger partial charge on any atom is -0.435 e. The van der Waals surface area contributed by atoms with Crippen LogP contribution in [0, 0.1) is 49.2 Å². The number of aromatic nitrogens is 1. The topological polar surface area (TPSA) is 7.94 Å². The van der Waals surface area contributed by atoms with E-state index in [9.17, 15) is 0 Å². The van der Waals surface area contributed by atoms with Gasteiger partial charge in [-0.3, -0.25) is 0 Å². The highest BCUT2D eigenvalue weighted by molar-refractivity contribution is 6.87. The Labute approximate surface area is 466 Å². The second kappa shape index (κ2) is 17.1. The Hall–Kier alpha value is -9.85. The van der Waals surface area contributed by atoms with Gasteiger partial charge in [0.15, 0.2) is 5.70 Å². The first kappa shape index (κ1) is 46.3. The van der Waals surface area contributed by atoms with Gasteiger partial charge in [-0.1, -0.05) is 183 Å². The second-order valence-electron chi connectivity index (χ2n) is 22.4. The molecule has 3 heterocycles. The van der Waals surface area contributed by atoms with Crippen LogP contribution in [0.15, 0.2) is 205 Å². The minimum atomic E-state index is -2.25. The molecule has 0 saturated carbocycles. The summed E-state index contributed by atoms with van der Waals surface area (Å²) in [6, 6.07) is 69.3. The molecule has 0 aliphatic carbocycles. The van der Waals surface area contributed by atoms with Gasteiger partial charge in [0.1, 0.15) is 5.71 Å². The summed E-state index contributed by atoms with van der Waals surface area (Å²) >= 11 is 0. The van der Waals surface area contributed by atoms with Crippen molar-refractivity contribution in [3.8, 4) is 35.3 Å². The molecule has 0 N–H and O–H groups in total. The molecule has 0 bridgehead atoms. The molecule has 0 spiro atoms. The summed E-state index contributed by atoms with van der Waals surface area (Å²) in [5, 5.41) is 22.4. The standard InChI is InChI=1S/C77H53BN2/c1-7-64-46(3)76-75(63-22-19-50(20-23-63)18-21-51-24-27-60-33-30-54-12-9-15-57-36-39-66(51)72(60)69(54)57)77-47(4)65(8-2)49(6)80(77)78(79(76)48(64)5,44-42-52-25-28-61-34-31-55-13-10-16-58-37-40-67(52)73(61)70(55)58)45-43-53-26-29-62-35-32-56-14-11-17-59-38-41-68(53)74(62)71(56)59/h9-17,19-20,22-41H,7-8H2,1-6H3. The monoisotopic (exact) mass is 1020 g/mol. The zero-order chi connectivity index (χ0) is 53.7. The molecule has 14 aromatic rings. The van der Waals surface area contributed by atoms with Gasteiger partial charge in [-0.05, 0) is 183 Å². The van der Waals surface area contributed by atoms with Crippen LogP contribution in [0.5, 0.6) is 0 Å². The number of rotatable bonds is 3. The highest BCUT2D eigenvalue weighted by atomic mass is 15.2. The fourth-order valence-corrected chi connectivity index (χ4v) is 15.0. The first-order valence-electron chi connectivity index (χ1n) is 28.4. The number of hydrogen-bond donors (Lipinski definition) is 0. The molecular formula is C77H53BN2. The lowest BCUT2D eigenvalue weighted by Gasteiger charge is -2.39. The molecule has 0 unspecified atom stereocenters. The van der Waals surface area contributed by atoms with E-state index in [1.807, 2.05) is 0 Å². The van der Waals surface area contributed by atoms with Gasteiger partial charge in [0.2, 0.25) is 0 Å². The highest BCUT2D eigenvalue weighted by Crippen LogP contribution is 2.47. The summed E-state index contributed by atoms with van der Waals surface area (Å²) in [5.41, 5.74) is 16.4. The van der Waals surface area contributed by atoms with Crippen LogP contribution >= 0.6 is 0 Å². The maximum Gasteiger partial charge on any atom is 0.520 e. The molecule has 0 amide bonds. The van der Waals surface area contributed by atoms with Crippen molar-refractivity contribution in [2.75, 3.05) is 0 Å². The number of fused-ring (bicyclic) bond motifs is 2. The van der Waals surface area contributed by atoms with E-state index in [-0.39, 0.29) is 0 Å². The lowest BCUT2D eigenvalue weighted by molar-refractivity contribution is -0.330. The van der Waals surface area contributed by atoms with Gasteiger partial charge in [0.05, 0.1) is 5.57 Å². The largest absolute Gasteiger partial charge is 0.520 e. The highest BCUT2D eigenvalue weighted by Gasteiger charge is 2.52. The van der Waals surface area contributed by atoms with E-state index in [0.29, 0.717) is 0 Å². The quantitative estimate of drug-likeness (QED) is 0.0947. The van der Waals surface area contributed by atoms with Crippen molar-refractivity contribution in [3.63, 3.8) is 0 Å². The van der Waals surface area contributed by atoms with Gasteiger partial charge in [0, 0.05) is 46.0 Å². The van der Waals surface area contributed by atoms with Crippen molar-refractivity contribution in [2.24, 2.45) is 0 Å². The lowest BCUT2D eigenvalue weighted by atomic mass is 9.44. The Bertz CT molecular complexity index is 5150. The summed E-state index contributed by atoms with van der Waals surface area (Å²) in [6.45, 7) is 13.9. The molecule has 0 fully saturated rings.